The third kappa shape index (κ3) is 4.04. The molecule has 0 spiro atoms. The first-order valence-corrected chi connectivity index (χ1v) is 8.51. The first-order chi connectivity index (χ1) is 10.3. The molecule has 2 heterocycles. The van der Waals surface area contributed by atoms with Crippen LogP contribution in [0.5, 0.6) is 0 Å². The van der Waals surface area contributed by atoms with Crippen molar-refractivity contribution < 1.29 is 4.74 Å². The van der Waals surface area contributed by atoms with Crippen molar-refractivity contribution >= 4 is 0 Å². The van der Waals surface area contributed by atoms with E-state index in [9.17, 15) is 0 Å². The van der Waals surface area contributed by atoms with Gasteiger partial charge < -0.3 is 4.74 Å². The fraction of sp³-hybridized carbons (Fsp3) is 0.875. The predicted octanol–water partition coefficient (Wildman–Crippen LogP) is 2.34. The summed E-state index contributed by atoms with van der Waals surface area (Å²) >= 11 is 0. The van der Waals surface area contributed by atoms with Gasteiger partial charge in [0.1, 0.15) is 12.7 Å². The quantitative estimate of drug-likeness (QED) is 0.807. The van der Waals surface area contributed by atoms with Crippen molar-refractivity contribution in [3.63, 3.8) is 0 Å². The summed E-state index contributed by atoms with van der Waals surface area (Å²) in [6, 6.07) is 0.596. The van der Waals surface area contributed by atoms with E-state index in [2.05, 4.69) is 21.9 Å². The van der Waals surface area contributed by atoms with Gasteiger partial charge in [0.05, 0.1) is 19.3 Å². The van der Waals surface area contributed by atoms with Gasteiger partial charge in [-0.1, -0.05) is 19.8 Å². The number of nitrogens with zero attached hydrogens (tertiary/aromatic N) is 4. The second-order valence-corrected chi connectivity index (χ2v) is 6.62. The molecule has 0 radical (unpaired) electrons. The zero-order valence-electron chi connectivity index (χ0n) is 13.2. The molecule has 5 nitrogen and oxygen atoms in total. The summed E-state index contributed by atoms with van der Waals surface area (Å²) in [7, 11) is 0. The number of rotatable bonds is 6. The summed E-state index contributed by atoms with van der Waals surface area (Å²) in [6.45, 7) is 6.43. The molecule has 0 unspecified atom stereocenters. The Balaban J connectivity index is 1.41. The van der Waals surface area contributed by atoms with Crippen LogP contribution in [0.2, 0.25) is 0 Å². The van der Waals surface area contributed by atoms with Crippen molar-refractivity contribution in [2.45, 2.75) is 64.1 Å². The van der Waals surface area contributed by atoms with E-state index < -0.39 is 0 Å². The van der Waals surface area contributed by atoms with Crippen LogP contribution < -0.4 is 0 Å². The van der Waals surface area contributed by atoms with Crippen LogP contribution in [-0.4, -0.2) is 51.5 Å². The second-order valence-electron chi connectivity index (χ2n) is 6.62. The molecule has 0 amide bonds. The molecule has 1 saturated heterocycles. The van der Waals surface area contributed by atoms with Gasteiger partial charge in [-0.05, 0) is 38.1 Å². The van der Waals surface area contributed by atoms with E-state index >= 15 is 0 Å². The SMILES string of the molecule is C[C@@H]1CCCC[C@H]1OCCN1CCC[C@@H]1Cn1cncn1. The largest absolute Gasteiger partial charge is 0.377 e. The molecule has 3 atom stereocenters. The van der Waals surface area contributed by atoms with Gasteiger partial charge >= 0.3 is 0 Å². The van der Waals surface area contributed by atoms with Crippen LogP contribution in [0.4, 0.5) is 0 Å². The lowest BCUT2D eigenvalue weighted by atomic mass is 9.88. The summed E-state index contributed by atoms with van der Waals surface area (Å²) in [4.78, 5) is 6.59. The summed E-state index contributed by atoms with van der Waals surface area (Å²) in [5.74, 6) is 0.739. The Hall–Kier alpha value is -0.940. The Morgan fingerprint density at radius 1 is 1.19 bits per heavy atom. The smallest absolute Gasteiger partial charge is 0.137 e. The van der Waals surface area contributed by atoms with Crippen LogP contribution in [0.3, 0.4) is 0 Å². The zero-order valence-corrected chi connectivity index (χ0v) is 13.2. The summed E-state index contributed by atoms with van der Waals surface area (Å²) in [6.07, 6.45) is 11.8. The lowest BCUT2D eigenvalue weighted by Crippen LogP contribution is -2.37. The molecule has 1 aliphatic heterocycles. The van der Waals surface area contributed by atoms with Crippen LogP contribution in [0, 0.1) is 5.92 Å². The van der Waals surface area contributed by atoms with Crippen LogP contribution in [0.25, 0.3) is 0 Å². The van der Waals surface area contributed by atoms with Gasteiger partial charge in [-0.15, -0.1) is 0 Å². The Bertz CT molecular complexity index is 408. The minimum atomic E-state index is 0.495. The molecular formula is C16H28N4O. The van der Waals surface area contributed by atoms with Gasteiger partial charge in [0.25, 0.3) is 0 Å². The molecule has 118 valence electrons. The summed E-state index contributed by atoms with van der Waals surface area (Å²) in [5.41, 5.74) is 0. The fourth-order valence-electron chi connectivity index (χ4n) is 3.79. The highest BCUT2D eigenvalue weighted by molar-refractivity contribution is 4.80. The monoisotopic (exact) mass is 292 g/mol. The molecule has 1 aromatic heterocycles. The average molecular weight is 292 g/mol. The molecule has 1 aliphatic carbocycles. The standard InChI is InChI=1S/C16H28N4O/c1-14-5-2-3-7-16(14)21-10-9-19-8-4-6-15(19)11-20-13-17-12-18-20/h12-16H,2-11H2,1H3/t14-,15-,16-/m1/s1. The van der Waals surface area contributed by atoms with Crippen LogP contribution >= 0.6 is 0 Å². The normalized spacial score (nSPS) is 30.8. The maximum Gasteiger partial charge on any atom is 0.137 e. The van der Waals surface area contributed by atoms with Crippen LogP contribution in [0.15, 0.2) is 12.7 Å². The summed E-state index contributed by atoms with van der Waals surface area (Å²) < 4.78 is 8.12. The molecule has 0 aromatic carbocycles. The van der Waals surface area contributed by atoms with E-state index in [-0.39, 0.29) is 0 Å². The minimum Gasteiger partial charge on any atom is -0.377 e. The lowest BCUT2D eigenvalue weighted by molar-refractivity contribution is -0.0155. The molecule has 2 fully saturated rings. The van der Waals surface area contributed by atoms with Gasteiger partial charge in [-0.25, -0.2) is 4.98 Å². The molecule has 1 aromatic rings. The molecule has 2 aliphatic rings. The number of likely N-dealkylation sites (tertiary alicyclic amines) is 1. The van der Waals surface area contributed by atoms with Crippen molar-refractivity contribution in [2.75, 3.05) is 19.7 Å². The summed E-state index contributed by atoms with van der Waals surface area (Å²) in [5, 5.41) is 4.23. The Morgan fingerprint density at radius 2 is 2.10 bits per heavy atom. The molecule has 0 N–H and O–H groups in total. The van der Waals surface area contributed by atoms with Gasteiger partial charge in [0.15, 0.2) is 0 Å². The van der Waals surface area contributed by atoms with Crippen molar-refractivity contribution in [2.24, 2.45) is 5.92 Å². The lowest BCUT2D eigenvalue weighted by Gasteiger charge is -2.30. The highest BCUT2D eigenvalue weighted by Crippen LogP contribution is 2.26. The topological polar surface area (TPSA) is 43.2 Å². The van der Waals surface area contributed by atoms with Gasteiger partial charge in [0.2, 0.25) is 0 Å². The second kappa shape index (κ2) is 7.36. The van der Waals surface area contributed by atoms with Gasteiger partial charge in [-0.2, -0.15) is 5.10 Å². The Morgan fingerprint density at radius 3 is 2.90 bits per heavy atom. The molecule has 21 heavy (non-hydrogen) atoms. The van der Waals surface area contributed by atoms with E-state index in [1.165, 1.54) is 45.1 Å². The Kier molecular flexibility index (Phi) is 5.25. The minimum absolute atomic E-state index is 0.495. The molecule has 1 saturated carbocycles. The maximum atomic E-state index is 6.16. The van der Waals surface area contributed by atoms with Gasteiger partial charge in [0, 0.05) is 12.6 Å². The van der Waals surface area contributed by atoms with E-state index in [1.54, 1.807) is 6.33 Å². The fourth-order valence-corrected chi connectivity index (χ4v) is 3.79. The first-order valence-electron chi connectivity index (χ1n) is 8.51. The third-order valence-corrected chi connectivity index (χ3v) is 5.11. The first kappa shape index (κ1) is 15.0. The number of ether oxygens (including phenoxy) is 1. The highest BCUT2D eigenvalue weighted by Gasteiger charge is 2.26. The molecule has 0 bridgehead atoms. The van der Waals surface area contributed by atoms with E-state index in [4.69, 9.17) is 4.74 Å². The van der Waals surface area contributed by atoms with Crippen LogP contribution in [0.1, 0.15) is 45.4 Å². The van der Waals surface area contributed by atoms with E-state index in [0.29, 0.717) is 12.1 Å². The average Bonchev–Trinajstić information content (AvgIpc) is 3.14. The highest BCUT2D eigenvalue weighted by atomic mass is 16.5. The maximum absolute atomic E-state index is 6.16. The predicted molar refractivity (Wildman–Crippen MR) is 82.0 cm³/mol. The van der Waals surface area contributed by atoms with Crippen molar-refractivity contribution in [3.8, 4) is 0 Å². The third-order valence-electron chi connectivity index (χ3n) is 5.11. The number of hydrogen-bond donors (Lipinski definition) is 0. The van der Waals surface area contributed by atoms with E-state index in [1.807, 2.05) is 11.0 Å². The Labute approximate surface area is 127 Å². The number of hydrogen-bond acceptors (Lipinski definition) is 4. The van der Waals surface area contributed by atoms with Gasteiger partial charge in [-0.3, -0.25) is 9.58 Å². The number of aromatic nitrogens is 3. The van der Waals surface area contributed by atoms with Crippen molar-refractivity contribution in [1.82, 2.24) is 19.7 Å². The van der Waals surface area contributed by atoms with Crippen molar-refractivity contribution in [1.29, 1.82) is 0 Å². The zero-order chi connectivity index (χ0) is 14.5. The molecule has 5 heteroatoms. The molecule has 3 rings (SSSR count). The van der Waals surface area contributed by atoms with E-state index in [0.717, 1.165) is 25.6 Å². The van der Waals surface area contributed by atoms with Crippen molar-refractivity contribution in [3.05, 3.63) is 12.7 Å². The van der Waals surface area contributed by atoms with Crippen LogP contribution in [-0.2, 0) is 11.3 Å². The molecular weight excluding hydrogens is 264 g/mol.